The van der Waals surface area contributed by atoms with Crippen LogP contribution in [0.3, 0.4) is 0 Å². The summed E-state index contributed by atoms with van der Waals surface area (Å²) in [4.78, 5) is 1.00. The number of hydrogen-bond donors (Lipinski definition) is 2. The van der Waals surface area contributed by atoms with E-state index >= 15 is 0 Å². The molecule has 25 heavy (non-hydrogen) atoms. The normalized spacial score (nSPS) is 12.0. The monoisotopic (exact) mass is 361 g/mol. The highest BCUT2D eigenvalue weighted by molar-refractivity contribution is 7.10. The molecule has 0 fully saturated rings. The van der Waals surface area contributed by atoms with Crippen molar-refractivity contribution in [3.05, 3.63) is 57.8 Å². The minimum Gasteiger partial charge on any atom is -0.493 e. The maximum atomic E-state index is 10.2. The molecule has 0 aliphatic heterocycles. The standard InChI is InChI=1S/C20H27NO3S/c1-5-6-16-15(7-8-18(23-3)20(16)24-4)9-10-21-12-17(22)19-11-14(2)13-25-19/h5,7-8,11,13,17,21-22H,1,6,9-10,12H2,2-4H3. The second-order valence-electron chi connectivity index (χ2n) is 5.93. The Labute approximate surface area is 154 Å². The molecule has 2 aromatic rings. The molecular weight excluding hydrogens is 334 g/mol. The van der Waals surface area contributed by atoms with Crippen molar-refractivity contribution in [2.75, 3.05) is 27.3 Å². The number of aliphatic hydroxyl groups is 1. The number of hydrogen-bond acceptors (Lipinski definition) is 5. The first-order valence-electron chi connectivity index (χ1n) is 8.38. The van der Waals surface area contributed by atoms with Gasteiger partial charge in [0.1, 0.15) is 6.10 Å². The highest BCUT2D eigenvalue weighted by Crippen LogP contribution is 2.34. The molecule has 0 saturated carbocycles. The molecule has 1 atom stereocenters. The lowest BCUT2D eigenvalue weighted by Gasteiger charge is -2.17. The molecule has 4 nitrogen and oxygen atoms in total. The van der Waals surface area contributed by atoms with Gasteiger partial charge in [0, 0.05) is 17.0 Å². The molecule has 0 spiro atoms. The van der Waals surface area contributed by atoms with Crippen molar-refractivity contribution >= 4 is 11.3 Å². The number of thiophene rings is 1. The Morgan fingerprint density at radius 1 is 1.32 bits per heavy atom. The summed E-state index contributed by atoms with van der Waals surface area (Å²) >= 11 is 1.60. The number of aliphatic hydroxyl groups excluding tert-OH is 1. The maximum absolute atomic E-state index is 10.2. The van der Waals surface area contributed by atoms with Crippen LogP contribution in [-0.4, -0.2) is 32.4 Å². The maximum Gasteiger partial charge on any atom is 0.164 e. The predicted octanol–water partition coefficient (Wildman–Crippen LogP) is 3.67. The second kappa shape index (κ2) is 9.61. The van der Waals surface area contributed by atoms with Gasteiger partial charge in [-0.3, -0.25) is 0 Å². The molecule has 0 saturated heterocycles. The Hall–Kier alpha value is -1.82. The van der Waals surface area contributed by atoms with Crippen LogP contribution in [-0.2, 0) is 12.8 Å². The number of rotatable bonds is 10. The summed E-state index contributed by atoms with van der Waals surface area (Å²) in [6.07, 6.45) is 2.99. The number of methoxy groups -OCH3 is 2. The molecule has 1 heterocycles. The smallest absolute Gasteiger partial charge is 0.164 e. The van der Waals surface area contributed by atoms with Gasteiger partial charge in [-0.05, 0) is 54.9 Å². The molecule has 1 aromatic carbocycles. The summed E-state index contributed by atoms with van der Waals surface area (Å²) < 4.78 is 10.9. The fraction of sp³-hybridized carbons (Fsp3) is 0.400. The van der Waals surface area contributed by atoms with Crippen molar-refractivity contribution in [2.24, 2.45) is 0 Å². The number of aryl methyl sites for hydroxylation is 1. The molecule has 0 radical (unpaired) electrons. The third kappa shape index (κ3) is 5.08. The van der Waals surface area contributed by atoms with Crippen molar-refractivity contribution in [3.8, 4) is 11.5 Å². The van der Waals surface area contributed by atoms with Gasteiger partial charge in [-0.15, -0.1) is 17.9 Å². The summed E-state index contributed by atoms with van der Waals surface area (Å²) in [6, 6.07) is 6.04. The van der Waals surface area contributed by atoms with E-state index in [0.717, 1.165) is 41.3 Å². The number of ether oxygens (including phenoxy) is 2. The van der Waals surface area contributed by atoms with Crippen LogP contribution in [0.5, 0.6) is 11.5 Å². The highest BCUT2D eigenvalue weighted by atomic mass is 32.1. The van der Waals surface area contributed by atoms with Crippen LogP contribution in [0.2, 0.25) is 0 Å². The summed E-state index contributed by atoms with van der Waals surface area (Å²) in [7, 11) is 3.30. The van der Waals surface area contributed by atoms with Crippen molar-refractivity contribution in [3.63, 3.8) is 0 Å². The van der Waals surface area contributed by atoms with E-state index in [1.807, 2.05) is 25.1 Å². The van der Waals surface area contributed by atoms with Crippen molar-refractivity contribution in [2.45, 2.75) is 25.9 Å². The van der Waals surface area contributed by atoms with Crippen LogP contribution in [0.4, 0.5) is 0 Å². The Bertz CT molecular complexity index is 696. The molecule has 5 heteroatoms. The summed E-state index contributed by atoms with van der Waals surface area (Å²) in [5.74, 6) is 1.51. The van der Waals surface area contributed by atoms with Gasteiger partial charge < -0.3 is 19.9 Å². The second-order valence-corrected chi connectivity index (χ2v) is 6.87. The average molecular weight is 362 g/mol. The lowest BCUT2D eigenvalue weighted by molar-refractivity contribution is 0.179. The molecule has 136 valence electrons. The van der Waals surface area contributed by atoms with Crippen molar-refractivity contribution in [1.82, 2.24) is 5.32 Å². The number of benzene rings is 1. The topological polar surface area (TPSA) is 50.7 Å². The summed E-state index contributed by atoms with van der Waals surface area (Å²) in [5, 5.41) is 15.6. The molecule has 0 amide bonds. The molecule has 2 rings (SSSR count). The Balaban J connectivity index is 1.96. The largest absolute Gasteiger partial charge is 0.493 e. The number of nitrogens with one attached hydrogen (secondary N) is 1. The van der Waals surface area contributed by atoms with E-state index in [0.29, 0.717) is 6.54 Å². The van der Waals surface area contributed by atoms with Gasteiger partial charge in [-0.2, -0.15) is 0 Å². The summed E-state index contributed by atoms with van der Waals surface area (Å²) in [6.45, 7) is 7.20. The Morgan fingerprint density at radius 2 is 2.12 bits per heavy atom. The molecule has 1 aromatic heterocycles. The van der Waals surface area contributed by atoms with Crippen LogP contribution in [0.25, 0.3) is 0 Å². The first kappa shape index (κ1) is 19.5. The van der Waals surface area contributed by atoms with Crippen LogP contribution in [0.15, 0.2) is 36.2 Å². The predicted molar refractivity (Wildman–Crippen MR) is 104 cm³/mol. The lowest BCUT2D eigenvalue weighted by Crippen LogP contribution is -2.23. The van der Waals surface area contributed by atoms with Crippen molar-refractivity contribution in [1.29, 1.82) is 0 Å². The zero-order valence-electron chi connectivity index (χ0n) is 15.2. The third-order valence-electron chi connectivity index (χ3n) is 4.08. The first-order chi connectivity index (χ1) is 12.1. The third-order valence-corrected chi connectivity index (χ3v) is 5.23. The zero-order chi connectivity index (χ0) is 18.2. The van der Waals surface area contributed by atoms with Crippen LogP contribution in [0, 0.1) is 6.92 Å². The molecule has 2 N–H and O–H groups in total. The van der Waals surface area contributed by atoms with Gasteiger partial charge in [-0.25, -0.2) is 0 Å². The minimum absolute atomic E-state index is 0.461. The minimum atomic E-state index is -0.461. The fourth-order valence-electron chi connectivity index (χ4n) is 2.82. The van der Waals surface area contributed by atoms with Gasteiger partial charge in [0.25, 0.3) is 0 Å². The van der Waals surface area contributed by atoms with Crippen LogP contribution < -0.4 is 14.8 Å². The van der Waals surface area contributed by atoms with Gasteiger partial charge in [-0.1, -0.05) is 12.1 Å². The Kier molecular flexibility index (Phi) is 7.50. The van der Waals surface area contributed by atoms with E-state index in [-0.39, 0.29) is 0 Å². The van der Waals surface area contributed by atoms with Gasteiger partial charge in [0.15, 0.2) is 11.5 Å². The molecule has 0 aliphatic rings. The molecule has 0 aliphatic carbocycles. The first-order valence-corrected chi connectivity index (χ1v) is 9.26. The van der Waals surface area contributed by atoms with Gasteiger partial charge in [0.05, 0.1) is 14.2 Å². The van der Waals surface area contributed by atoms with Gasteiger partial charge in [0.2, 0.25) is 0 Å². The Morgan fingerprint density at radius 3 is 2.72 bits per heavy atom. The SMILES string of the molecule is C=CCc1c(CCNCC(O)c2cc(C)cs2)ccc(OC)c1OC. The van der Waals surface area contributed by atoms with Crippen LogP contribution >= 0.6 is 11.3 Å². The zero-order valence-corrected chi connectivity index (χ0v) is 16.0. The van der Waals surface area contributed by atoms with Gasteiger partial charge >= 0.3 is 0 Å². The lowest BCUT2D eigenvalue weighted by atomic mass is 10.00. The van der Waals surface area contributed by atoms with Crippen LogP contribution in [0.1, 0.15) is 27.7 Å². The fourth-order valence-corrected chi connectivity index (χ4v) is 3.71. The number of allylic oxidation sites excluding steroid dienone is 1. The van der Waals surface area contributed by atoms with Crippen molar-refractivity contribution < 1.29 is 14.6 Å². The molecule has 1 unspecified atom stereocenters. The average Bonchev–Trinajstić information content (AvgIpc) is 3.05. The molecular formula is C20H27NO3S. The van der Waals surface area contributed by atoms with E-state index in [1.165, 1.54) is 11.1 Å². The highest BCUT2D eigenvalue weighted by Gasteiger charge is 2.14. The van der Waals surface area contributed by atoms with E-state index < -0.39 is 6.10 Å². The quantitative estimate of drug-likeness (QED) is 0.501. The van der Waals surface area contributed by atoms with E-state index in [4.69, 9.17) is 9.47 Å². The molecule has 0 bridgehead atoms. The van der Waals surface area contributed by atoms with E-state index in [2.05, 4.69) is 23.3 Å². The van der Waals surface area contributed by atoms with E-state index in [9.17, 15) is 5.11 Å². The van der Waals surface area contributed by atoms with E-state index in [1.54, 1.807) is 25.6 Å². The summed E-state index contributed by atoms with van der Waals surface area (Å²) in [5.41, 5.74) is 3.50.